The van der Waals surface area contributed by atoms with Crippen LogP contribution < -0.4 is 11.1 Å². The second kappa shape index (κ2) is 10.1. The molecule has 1 aromatic heterocycles. The van der Waals surface area contributed by atoms with E-state index >= 15 is 4.39 Å². The van der Waals surface area contributed by atoms with Gasteiger partial charge < -0.3 is 16.0 Å². The molecule has 0 saturated heterocycles. The zero-order chi connectivity index (χ0) is 25.3. The molecule has 4 N–H and O–H groups in total. The van der Waals surface area contributed by atoms with Crippen molar-refractivity contribution in [3.05, 3.63) is 29.3 Å². The maximum absolute atomic E-state index is 15.4. The molecule has 0 spiro atoms. The summed E-state index contributed by atoms with van der Waals surface area (Å²) in [5, 5.41) is 2.41. The Bertz CT molecular complexity index is 995. The molecule has 1 amide bonds. The molecule has 1 aliphatic rings. The lowest BCUT2D eigenvalue weighted by Gasteiger charge is -2.31. The van der Waals surface area contributed by atoms with Gasteiger partial charge in [0, 0.05) is 37.3 Å². The van der Waals surface area contributed by atoms with Crippen LogP contribution in [0.1, 0.15) is 69.3 Å². The second-order valence-electron chi connectivity index (χ2n) is 9.54. The number of rotatable bonds is 9. The SMILES string of the molecule is CC(CF)CNC(=O)C(CC(C)(F)F)c1ccc2[nH]c(C(N)C3CCC(F)(F)CC3)nc2c1F. The molecule has 1 heterocycles. The van der Waals surface area contributed by atoms with Gasteiger partial charge in [0.05, 0.1) is 24.2 Å². The van der Waals surface area contributed by atoms with Crippen LogP contribution in [0.3, 0.4) is 0 Å². The zero-order valence-corrected chi connectivity index (χ0v) is 19.1. The molecule has 0 aliphatic heterocycles. The fraction of sp³-hybridized carbons (Fsp3) is 0.652. The lowest BCUT2D eigenvalue weighted by Crippen LogP contribution is -2.35. The number of imidazole rings is 1. The van der Waals surface area contributed by atoms with Crippen molar-refractivity contribution in [1.82, 2.24) is 15.3 Å². The van der Waals surface area contributed by atoms with Crippen LogP contribution in [0.5, 0.6) is 0 Å². The van der Waals surface area contributed by atoms with Gasteiger partial charge in [0.15, 0.2) is 5.82 Å². The van der Waals surface area contributed by atoms with Crippen molar-refractivity contribution in [2.24, 2.45) is 17.6 Å². The number of hydrogen-bond acceptors (Lipinski definition) is 3. The number of halogens is 6. The van der Waals surface area contributed by atoms with E-state index in [4.69, 9.17) is 5.73 Å². The van der Waals surface area contributed by atoms with Crippen LogP contribution in [-0.4, -0.2) is 40.9 Å². The minimum atomic E-state index is -3.27. The van der Waals surface area contributed by atoms with Gasteiger partial charge in [-0.25, -0.2) is 26.9 Å². The standard InChI is InChI=1S/C23H30F6N4O/c1-12(10-24)11-31-21(34)15(9-22(2,26)27)14-3-4-16-19(17(14)25)33-20(32-16)18(30)13-5-7-23(28,29)8-6-13/h3-4,12-13,15,18H,5-11,30H2,1-2H3,(H,31,34)(H,32,33). The molecule has 11 heteroatoms. The third-order valence-electron chi connectivity index (χ3n) is 6.37. The molecular weight excluding hydrogens is 462 g/mol. The maximum Gasteiger partial charge on any atom is 0.248 e. The number of aromatic nitrogens is 2. The van der Waals surface area contributed by atoms with Crippen molar-refractivity contribution in [3.8, 4) is 0 Å². The highest BCUT2D eigenvalue weighted by Gasteiger charge is 2.38. The number of fused-ring (bicyclic) bond motifs is 1. The molecule has 3 atom stereocenters. The van der Waals surface area contributed by atoms with E-state index in [2.05, 4.69) is 15.3 Å². The summed E-state index contributed by atoms with van der Waals surface area (Å²) in [5.74, 6) is -9.86. The molecule has 1 saturated carbocycles. The minimum Gasteiger partial charge on any atom is -0.355 e. The lowest BCUT2D eigenvalue weighted by atomic mass is 9.82. The molecule has 34 heavy (non-hydrogen) atoms. The highest BCUT2D eigenvalue weighted by molar-refractivity contribution is 5.86. The zero-order valence-electron chi connectivity index (χ0n) is 19.1. The molecule has 1 fully saturated rings. The smallest absolute Gasteiger partial charge is 0.248 e. The Morgan fingerprint density at radius 2 is 1.97 bits per heavy atom. The van der Waals surface area contributed by atoms with Gasteiger partial charge in [-0.2, -0.15) is 0 Å². The molecule has 3 unspecified atom stereocenters. The van der Waals surface area contributed by atoms with Gasteiger partial charge in [-0.1, -0.05) is 13.0 Å². The topological polar surface area (TPSA) is 83.8 Å². The van der Waals surface area contributed by atoms with Crippen molar-refractivity contribution >= 4 is 16.9 Å². The summed E-state index contributed by atoms with van der Waals surface area (Å²) in [4.78, 5) is 19.7. The molecule has 5 nitrogen and oxygen atoms in total. The van der Waals surface area contributed by atoms with Gasteiger partial charge in [-0.15, -0.1) is 0 Å². The van der Waals surface area contributed by atoms with Crippen molar-refractivity contribution in [2.45, 2.75) is 69.8 Å². The Morgan fingerprint density at radius 3 is 2.56 bits per heavy atom. The molecule has 1 aliphatic carbocycles. The van der Waals surface area contributed by atoms with Crippen LogP contribution in [0.4, 0.5) is 26.3 Å². The highest BCUT2D eigenvalue weighted by atomic mass is 19.3. The number of alkyl halides is 5. The van der Waals surface area contributed by atoms with E-state index in [1.807, 2.05) is 0 Å². The fourth-order valence-corrected chi connectivity index (χ4v) is 4.30. The van der Waals surface area contributed by atoms with E-state index in [-0.39, 0.29) is 60.6 Å². The molecule has 190 valence electrons. The van der Waals surface area contributed by atoms with E-state index < -0.39 is 54.5 Å². The van der Waals surface area contributed by atoms with Crippen molar-refractivity contribution in [1.29, 1.82) is 0 Å². The number of aromatic amines is 1. The Labute approximate surface area is 193 Å². The Morgan fingerprint density at radius 1 is 1.32 bits per heavy atom. The van der Waals surface area contributed by atoms with E-state index in [0.717, 1.165) is 0 Å². The number of amides is 1. The number of H-pyrrole nitrogens is 1. The molecule has 0 bridgehead atoms. The molecule has 1 aromatic carbocycles. The lowest BCUT2D eigenvalue weighted by molar-refractivity contribution is -0.125. The van der Waals surface area contributed by atoms with Crippen molar-refractivity contribution < 1.29 is 31.1 Å². The fourth-order valence-electron chi connectivity index (χ4n) is 4.30. The van der Waals surface area contributed by atoms with Gasteiger partial charge in [-0.05, 0) is 31.7 Å². The number of nitrogens with two attached hydrogens (primary N) is 1. The number of nitrogens with one attached hydrogen (secondary N) is 2. The van der Waals surface area contributed by atoms with Crippen molar-refractivity contribution in [3.63, 3.8) is 0 Å². The first-order valence-electron chi connectivity index (χ1n) is 11.3. The second-order valence-corrected chi connectivity index (χ2v) is 9.54. The van der Waals surface area contributed by atoms with E-state index in [1.165, 1.54) is 19.1 Å². The normalized spacial score (nSPS) is 19.7. The highest BCUT2D eigenvalue weighted by Crippen LogP contribution is 2.41. The quantitative estimate of drug-likeness (QED) is 0.411. The number of hydrogen-bond donors (Lipinski definition) is 3. The number of benzene rings is 1. The van der Waals surface area contributed by atoms with Gasteiger partial charge in [0.2, 0.25) is 17.8 Å². The van der Waals surface area contributed by atoms with Gasteiger partial charge in [0.1, 0.15) is 11.3 Å². The first-order valence-corrected chi connectivity index (χ1v) is 11.3. The minimum absolute atomic E-state index is 0.0766. The average molecular weight is 493 g/mol. The summed E-state index contributed by atoms with van der Waals surface area (Å²) in [7, 11) is 0. The molecular formula is C23H30F6N4O. The van der Waals surface area contributed by atoms with Crippen LogP contribution in [0, 0.1) is 17.7 Å². The molecule has 2 aromatic rings. The van der Waals surface area contributed by atoms with Gasteiger partial charge in [0.25, 0.3) is 0 Å². The summed E-state index contributed by atoms with van der Waals surface area (Å²) < 4.78 is 82.8. The van der Waals surface area contributed by atoms with E-state index in [9.17, 15) is 26.7 Å². The van der Waals surface area contributed by atoms with E-state index in [0.29, 0.717) is 6.92 Å². The van der Waals surface area contributed by atoms with Crippen LogP contribution in [0.15, 0.2) is 12.1 Å². The Balaban J connectivity index is 1.89. The summed E-state index contributed by atoms with van der Waals surface area (Å²) >= 11 is 0. The number of carbonyl (C=O) groups is 1. The average Bonchev–Trinajstić information content (AvgIpc) is 3.20. The first kappa shape index (κ1) is 26.3. The van der Waals surface area contributed by atoms with Crippen LogP contribution in [0.2, 0.25) is 0 Å². The van der Waals surface area contributed by atoms with E-state index in [1.54, 1.807) is 0 Å². The van der Waals surface area contributed by atoms with Crippen molar-refractivity contribution in [2.75, 3.05) is 13.2 Å². The van der Waals surface area contributed by atoms with Crippen LogP contribution in [-0.2, 0) is 4.79 Å². The predicted molar refractivity (Wildman–Crippen MR) is 116 cm³/mol. The number of nitrogens with zero attached hydrogens (tertiary/aromatic N) is 1. The Kier molecular flexibility index (Phi) is 7.84. The Hall–Kier alpha value is -2.30. The third-order valence-corrected chi connectivity index (χ3v) is 6.37. The maximum atomic E-state index is 15.4. The third kappa shape index (κ3) is 6.22. The molecule has 0 radical (unpaired) electrons. The first-order chi connectivity index (χ1) is 15.8. The van der Waals surface area contributed by atoms with Crippen LogP contribution >= 0.6 is 0 Å². The predicted octanol–water partition coefficient (Wildman–Crippen LogP) is 5.38. The summed E-state index contributed by atoms with van der Waals surface area (Å²) in [5.41, 5.74) is 6.05. The van der Waals surface area contributed by atoms with Gasteiger partial charge in [-0.3, -0.25) is 9.18 Å². The monoisotopic (exact) mass is 492 g/mol. The summed E-state index contributed by atoms with van der Waals surface area (Å²) in [6.45, 7) is 1.39. The molecule has 3 rings (SSSR count). The van der Waals surface area contributed by atoms with Crippen LogP contribution in [0.25, 0.3) is 11.0 Å². The van der Waals surface area contributed by atoms with Gasteiger partial charge >= 0.3 is 0 Å². The summed E-state index contributed by atoms with van der Waals surface area (Å²) in [6, 6.07) is 1.93. The number of carbonyl (C=O) groups excluding carboxylic acids is 1. The summed E-state index contributed by atoms with van der Waals surface area (Å²) in [6.07, 6.45) is -1.12. The largest absolute Gasteiger partial charge is 0.355 e.